The minimum atomic E-state index is -1.20. The zero-order chi connectivity index (χ0) is 26.1. The molecular formula is C28H27N7O3. The van der Waals surface area contributed by atoms with Gasteiger partial charge in [0.25, 0.3) is 11.9 Å². The molecule has 192 valence electrons. The highest BCUT2D eigenvalue weighted by atomic mass is 16.5. The van der Waals surface area contributed by atoms with Crippen molar-refractivity contribution in [3.05, 3.63) is 89.6 Å². The van der Waals surface area contributed by atoms with Crippen LogP contribution in [0.3, 0.4) is 0 Å². The summed E-state index contributed by atoms with van der Waals surface area (Å²) in [7, 11) is 0. The second-order valence-corrected chi connectivity index (χ2v) is 9.49. The first-order chi connectivity index (χ1) is 18.6. The Kier molecular flexibility index (Phi) is 6.30. The molecule has 3 aromatic rings. The number of benzene rings is 2. The number of aromatic nitrogens is 1. The molecule has 3 unspecified atom stereocenters. The number of rotatable bonds is 4. The molecule has 2 saturated heterocycles. The van der Waals surface area contributed by atoms with Gasteiger partial charge in [-0.3, -0.25) is 10.2 Å². The molecule has 0 spiro atoms. The molecule has 0 aliphatic carbocycles. The Bertz CT molecular complexity index is 1430. The van der Waals surface area contributed by atoms with Crippen LogP contribution in [0.15, 0.2) is 82.9 Å². The zero-order valence-corrected chi connectivity index (χ0v) is 20.6. The van der Waals surface area contributed by atoms with Crippen molar-refractivity contribution in [2.45, 2.75) is 6.17 Å². The predicted molar refractivity (Wildman–Crippen MR) is 145 cm³/mol. The molecule has 3 aliphatic rings. The van der Waals surface area contributed by atoms with Crippen molar-refractivity contribution in [1.29, 1.82) is 5.41 Å². The average molecular weight is 510 g/mol. The lowest BCUT2D eigenvalue weighted by Gasteiger charge is -2.21. The van der Waals surface area contributed by atoms with E-state index >= 15 is 0 Å². The summed E-state index contributed by atoms with van der Waals surface area (Å²) in [6.07, 6.45) is 0.498. The molecule has 3 aliphatic heterocycles. The number of anilines is 2. The number of hydrogen-bond donors (Lipinski definition) is 3. The van der Waals surface area contributed by atoms with Gasteiger partial charge in [-0.15, -0.1) is 0 Å². The van der Waals surface area contributed by atoms with Crippen LogP contribution in [-0.4, -0.2) is 61.0 Å². The van der Waals surface area contributed by atoms with E-state index in [2.05, 4.69) is 25.2 Å². The number of amidine groups is 1. The third-order valence-electron chi connectivity index (χ3n) is 7.00. The SMILES string of the molecule is N=C(OC(N)=NC1N=C(c2ccccc2)c2ccccc2NC1=O)c1cccnc1N1CC2COCC2C1. The number of carbonyl (C=O) groups is 1. The first-order valence-electron chi connectivity index (χ1n) is 12.5. The second kappa shape index (κ2) is 10.1. The minimum Gasteiger partial charge on any atom is -0.407 e. The van der Waals surface area contributed by atoms with Crippen LogP contribution in [0.5, 0.6) is 0 Å². The fourth-order valence-corrected chi connectivity index (χ4v) is 5.15. The van der Waals surface area contributed by atoms with E-state index in [-0.39, 0.29) is 11.9 Å². The smallest absolute Gasteiger partial charge is 0.291 e. The lowest BCUT2D eigenvalue weighted by atomic mass is 10.0. The fraction of sp³-hybridized carbons (Fsp3) is 0.250. The lowest BCUT2D eigenvalue weighted by molar-refractivity contribution is -0.117. The van der Waals surface area contributed by atoms with E-state index in [1.54, 1.807) is 18.3 Å². The van der Waals surface area contributed by atoms with E-state index in [4.69, 9.17) is 20.6 Å². The number of aliphatic imine (C=N–C) groups is 2. The van der Waals surface area contributed by atoms with Crippen LogP contribution in [0.1, 0.15) is 16.7 Å². The van der Waals surface area contributed by atoms with Gasteiger partial charge >= 0.3 is 0 Å². The Morgan fingerprint density at radius 1 is 1.05 bits per heavy atom. The Hall–Kier alpha value is -4.57. The monoisotopic (exact) mass is 509 g/mol. The van der Waals surface area contributed by atoms with Crippen molar-refractivity contribution < 1.29 is 14.3 Å². The molecule has 10 nitrogen and oxygen atoms in total. The van der Waals surface area contributed by atoms with Crippen molar-refractivity contribution in [2.75, 3.05) is 36.5 Å². The summed E-state index contributed by atoms with van der Waals surface area (Å²) >= 11 is 0. The van der Waals surface area contributed by atoms with Crippen LogP contribution in [0.2, 0.25) is 0 Å². The number of pyridine rings is 1. The van der Waals surface area contributed by atoms with Crippen LogP contribution < -0.4 is 16.0 Å². The van der Waals surface area contributed by atoms with Crippen molar-refractivity contribution in [2.24, 2.45) is 27.6 Å². The van der Waals surface area contributed by atoms with E-state index in [0.29, 0.717) is 34.6 Å². The maximum Gasteiger partial charge on any atom is 0.291 e. The predicted octanol–water partition coefficient (Wildman–Crippen LogP) is 2.64. The quantitative estimate of drug-likeness (QED) is 0.365. The Morgan fingerprint density at radius 3 is 2.58 bits per heavy atom. The molecule has 2 fully saturated rings. The van der Waals surface area contributed by atoms with Gasteiger partial charge in [0.2, 0.25) is 12.1 Å². The Balaban J connectivity index is 1.26. The summed E-state index contributed by atoms with van der Waals surface area (Å²) in [4.78, 5) is 28.6. The van der Waals surface area contributed by atoms with Gasteiger partial charge in [0, 0.05) is 42.2 Å². The standard InChI is InChI=1S/C28H27N7O3/c29-24(21-10-6-12-31-26(21)35-13-18-15-37-16-19(18)14-35)38-28(30)34-25-27(36)32-22-11-5-4-9-20(22)23(33-25)17-7-2-1-3-8-17/h1-12,18-19,25,29H,13-16H2,(H2,30,34)(H,32,36). The number of carbonyl (C=O) groups excluding carboxylic acids is 1. The number of benzodiazepines with no additional fused rings is 1. The van der Waals surface area contributed by atoms with Crippen LogP contribution in [-0.2, 0) is 14.3 Å². The van der Waals surface area contributed by atoms with Gasteiger partial charge in [-0.1, -0.05) is 48.5 Å². The lowest BCUT2D eigenvalue weighted by Crippen LogP contribution is -2.30. The third kappa shape index (κ3) is 4.61. The molecule has 10 heteroatoms. The van der Waals surface area contributed by atoms with Gasteiger partial charge in [0.1, 0.15) is 5.82 Å². The summed E-state index contributed by atoms with van der Waals surface area (Å²) in [6, 6.07) is 20.2. The number of fused-ring (bicyclic) bond motifs is 2. The number of ether oxygens (including phenoxy) is 2. The number of nitrogens with two attached hydrogens (primary N) is 1. The molecule has 38 heavy (non-hydrogen) atoms. The summed E-state index contributed by atoms with van der Waals surface area (Å²) in [5.74, 6) is 0.926. The number of hydrogen-bond acceptors (Lipinski definition) is 8. The summed E-state index contributed by atoms with van der Waals surface area (Å²) in [6.45, 7) is 3.11. The number of amides is 1. The summed E-state index contributed by atoms with van der Waals surface area (Å²) in [5, 5.41) is 11.5. The molecular weight excluding hydrogens is 482 g/mol. The molecule has 0 saturated carbocycles. The first-order valence-corrected chi connectivity index (χ1v) is 12.5. The van der Waals surface area contributed by atoms with Gasteiger partial charge in [-0.05, 0) is 18.2 Å². The molecule has 1 amide bonds. The molecule has 1 aromatic heterocycles. The van der Waals surface area contributed by atoms with E-state index in [1.165, 1.54) is 0 Å². The zero-order valence-electron chi connectivity index (χ0n) is 20.6. The summed E-state index contributed by atoms with van der Waals surface area (Å²) < 4.78 is 11.2. The average Bonchev–Trinajstić information content (AvgIpc) is 3.51. The van der Waals surface area contributed by atoms with E-state index in [9.17, 15) is 4.79 Å². The van der Waals surface area contributed by atoms with E-state index in [1.807, 2.05) is 54.6 Å². The highest BCUT2D eigenvalue weighted by Crippen LogP contribution is 2.33. The molecule has 0 radical (unpaired) electrons. The van der Waals surface area contributed by atoms with Gasteiger partial charge in [-0.2, -0.15) is 4.99 Å². The van der Waals surface area contributed by atoms with E-state index in [0.717, 1.165) is 37.4 Å². The normalized spacial score (nSPS) is 22.7. The topological polar surface area (TPSA) is 138 Å². The number of nitrogens with one attached hydrogen (secondary N) is 2. The maximum atomic E-state index is 13.1. The van der Waals surface area contributed by atoms with Crippen LogP contribution >= 0.6 is 0 Å². The minimum absolute atomic E-state index is 0.202. The van der Waals surface area contributed by atoms with Crippen LogP contribution in [0, 0.1) is 17.2 Å². The molecule has 3 atom stereocenters. The molecule has 4 heterocycles. The van der Waals surface area contributed by atoms with Gasteiger partial charge < -0.3 is 25.4 Å². The highest BCUT2D eigenvalue weighted by Gasteiger charge is 2.38. The van der Waals surface area contributed by atoms with Gasteiger partial charge in [0.15, 0.2) is 0 Å². The van der Waals surface area contributed by atoms with Crippen molar-refractivity contribution in [1.82, 2.24) is 4.98 Å². The Labute approximate surface area is 219 Å². The molecule has 6 rings (SSSR count). The summed E-state index contributed by atoms with van der Waals surface area (Å²) in [5.41, 5.74) is 9.46. The van der Waals surface area contributed by atoms with Crippen LogP contribution in [0.25, 0.3) is 0 Å². The highest BCUT2D eigenvalue weighted by molar-refractivity contribution is 6.19. The van der Waals surface area contributed by atoms with E-state index < -0.39 is 12.1 Å². The fourth-order valence-electron chi connectivity index (χ4n) is 5.15. The Morgan fingerprint density at radius 2 is 1.79 bits per heavy atom. The second-order valence-electron chi connectivity index (χ2n) is 9.49. The van der Waals surface area contributed by atoms with Crippen molar-refractivity contribution >= 4 is 35.0 Å². The van der Waals surface area contributed by atoms with Gasteiger partial charge in [-0.25, -0.2) is 9.98 Å². The third-order valence-corrected chi connectivity index (χ3v) is 7.00. The van der Waals surface area contributed by atoms with Crippen molar-refractivity contribution in [3.8, 4) is 0 Å². The molecule has 2 aromatic carbocycles. The van der Waals surface area contributed by atoms with Gasteiger partial charge in [0.05, 0.1) is 30.2 Å². The molecule has 0 bridgehead atoms. The first kappa shape index (κ1) is 23.8. The number of para-hydroxylation sites is 1. The van der Waals surface area contributed by atoms with Crippen LogP contribution in [0.4, 0.5) is 11.5 Å². The van der Waals surface area contributed by atoms with Crippen molar-refractivity contribution in [3.63, 3.8) is 0 Å². The largest absolute Gasteiger partial charge is 0.407 e. The number of nitrogens with zero attached hydrogens (tertiary/aromatic N) is 4. The maximum absolute atomic E-state index is 13.1. The molecule has 4 N–H and O–H groups in total.